The molecule has 1 aromatic heterocycles. The molecule has 0 radical (unpaired) electrons. The summed E-state index contributed by atoms with van der Waals surface area (Å²) in [5.74, 6) is -2.52. The number of hydroxylamine groups is 1. The van der Waals surface area contributed by atoms with Gasteiger partial charge in [0.25, 0.3) is 11.8 Å². The molecular formula is C19H24N6O8S2. The molecule has 2 aliphatic heterocycles. The number of carboxylic acid groups (broad SMARTS) is 1. The first-order valence-corrected chi connectivity index (χ1v) is 12.0. The summed E-state index contributed by atoms with van der Waals surface area (Å²) in [7, 11) is 1.25. The minimum atomic E-state index is -1.34. The van der Waals surface area contributed by atoms with Crippen molar-refractivity contribution in [2.45, 2.75) is 37.8 Å². The van der Waals surface area contributed by atoms with Crippen molar-refractivity contribution in [2.75, 3.05) is 25.2 Å². The first-order chi connectivity index (χ1) is 16.4. The summed E-state index contributed by atoms with van der Waals surface area (Å²) in [5.41, 5.74) is 6.95. The Kier molecular flexibility index (Phi) is 7.86. The number of aliphatic carboxylic acids is 1. The van der Waals surface area contributed by atoms with Gasteiger partial charge in [-0.15, -0.1) is 23.1 Å². The third-order valence-corrected chi connectivity index (χ3v) is 6.51. The third-order valence-electron chi connectivity index (χ3n) is 4.50. The minimum absolute atomic E-state index is 0.176. The van der Waals surface area contributed by atoms with Crippen LogP contribution in [-0.2, 0) is 28.8 Å². The van der Waals surface area contributed by atoms with Crippen LogP contribution in [0.25, 0.3) is 0 Å². The van der Waals surface area contributed by atoms with Crippen molar-refractivity contribution >= 4 is 57.8 Å². The molecule has 2 aliphatic rings. The standard InChI is InChI=1S/C19H24N6O8S2/c1-19(2,3)33-18(30)24-32-5-8-6-34-15-11(14(27)25(15)12(8)16(28)29)22-13(26)10(23-31-4)9-7-35-17(20)21-9/h7,11,15H,5-6H2,1-4H3,(H2,20,21)(H,22,26)(H,24,30)(H,28,29)/t11-,15-/m1/s1. The number of ether oxygens (including phenoxy) is 1. The lowest BCUT2D eigenvalue weighted by Gasteiger charge is -2.49. The lowest BCUT2D eigenvalue weighted by Crippen LogP contribution is -2.71. The van der Waals surface area contributed by atoms with Crippen molar-refractivity contribution < 1.29 is 38.7 Å². The largest absolute Gasteiger partial charge is 0.477 e. The molecule has 3 heterocycles. The molecule has 5 N–H and O–H groups in total. The molecule has 14 nitrogen and oxygen atoms in total. The van der Waals surface area contributed by atoms with E-state index in [-0.39, 0.29) is 40.2 Å². The summed E-state index contributed by atoms with van der Waals surface area (Å²) in [5, 5.41) is 17.0. The fourth-order valence-corrected chi connectivity index (χ4v) is 5.05. The molecule has 0 unspecified atom stereocenters. The third kappa shape index (κ3) is 6.01. The van der Waals surface area contributed by atoms with Gasteiger partial charge in [0.15, 0.2) is 10.8 Å². The van der Waals surface area contributed by atoms with Crippen molar-refractivity contribution in [3.8, 4) is 0 Å². The van der Waals surface area contributed by atoms with Crippen LogP contribution in [-0.4, -0.2) is 81.1 Å². The van der Waals surface area contributed by atoms with E-state index < -0.39 is 40.9 Å². The van der Waals surface area contributed by atoms with Gasteiger partial charge in [0.2, 0.25) is 0 Å². The summed E-state index contributed by atoms with van der Waals surface area (Å²) >= 11 is 2.33. The summed E-state index contributed by atoms with van der Waals surface area (Å²) < 4.78 is 5.04. The lowest BCUT2D eigenvalue weighted by molar-refractivity contribution is -0.150. The maximum Gasteiger partial charge on any atom is 0.431 e. The Morgan fingerprint density at radius 2 is 2.09 bits per heavy atom. The van der Waals surface area contributed by atoms with E-state index in [2.05, 4.69) is 20.9 Å². The van der Waals surface area contributed by atoms with Gasteiger partial charge in [-0.25, -0.2) is 14.6 Å². The van der Waals surface area contributed by atoms with Gasteiger partial charge < -0.3 is 25.7 Å². The van der Waals surface area contributed by atoms with Crippen molar-refractivity contribution in [1.29, 1.82) is 0 Å². The van der Waals surface area contributed by atoms with E-state index in [1.54, 1.807) is 20.8 Å². The van der Waals surface area contributed by atoms with Gasteiger partial charge in [-0.05, 0) is 26.3 Å². The topological polar surface area (TPSA) is 195 Å². The van der Waals surface area contributed by atoms with Crippen LogP contribution in [0.1, 0.15) is 26.5 Å². The summed E-state index contributed by atoms with van der Waals surface area (Å²) in [4.78, 5) is 64.1. The van der Waals surface area contributed by atoms with Crippen molar-refractivity contribution in [2.24, 2.45) is 5.16 Å². The first kappa shape index (κ1) is 26.2. The number of hydrogen-bond acceptors (Lipinski definition) is 12. The van der Waals surface area contributed by atoms with Crippen molar-refractivity contribution in [3.05, 3.63) is 22.3 Å². The maximum absolute atomic E-state index is 12.8. The molecule has 0 aromatic carbocycles. The highest BCUT2D eigenvalue weighted by Crippen LogP contribution is 2.40. The molecule has 1 saturated heterocycles. The monoisotopic (exact) mass is 528 g/mol. The number of rotatable bonds is 8. The summed E-state index contributed by atoms with van der Waals surface area (Å²) in [6, 6.07) is -0.998. The molecule has 3 rings (SSSR count). The number of oxime groups is 1. The van der Waals surface area contributed by atoms with E-state index in [1.807, 2.05) is 0 Å². The zero-order chi connectivity index (χ0) is 25.9. The second-order valence-corrected chi connectivity index (χ2v) is 10.2. The normalized spacial score (nSPS) is 20.1. The van der Waals surface area contributed by atoms with E-state index >= 15 is 0 Å². The molecule has 1 aromatic rings. The average molecular weight is 529 g/mol. The number of nitrogens with two attached hydrogens (primary N) is 1. The number of carboxylic acids is 1. The Bertz CT molecular complexity index is 1100. The molecule has 2 atom stereocenters. The number of fused-ring (bicyclic) bond motifs is 1. The number of nitrogen functional groups attached to an aromatic ring is 1. The van der Waals surface area contributed by atoms with Crippen LogP contribution >= 0.6 is 23.1 Å². The molecule has 3 amide bonds. The van der Waals surface area contributed by atoms with Gasteiger partial charge in [-0.2, -0.15) is 5.48 Å². The van der Waals surface area contributed by atoms with Crippen LogP contribution in [0.2, 0.25) is 0 Å². The van der Waals surface area contributed by atoms with Gasteiger partial charge in [-0.3, -0.25) is 19.3 Å². The Labute approximate surface area is 207 Å². The van der Waals surface area contributed by atoms with Gasteiger partial charge >= 0.3 is 12.1 Å². The van der Waals surface area contributed by atoms with Crippen LogP contribution in [0.4, 0.5) is 9.93 Å². The van der Waals surface area contributed by atoms with E-state index in [0.717, 1.165) is 16.2 Å². The van der Waals surface area contributed by atoms with Crippen molar-refractivity contribution in [3.63, 3.8) is 0 Å². The number of thioether (sulfide) groups is 1. The number of nitrogens with zero attached hydrogens (tertiary/aromatic N) is 3. The molecule has 16 heteroatoms. The molecular weight excluding hydrogens is 504 g/mol. The number of aromatic nitrogens is 1. The number of carbonyl (C=O) groups excluding carboxylic acids is 3. The zero-order valence-corrected chi connectivity index (χ0v) is 20.8. The highest BCUT2D eigenvalue weighted by atomic mass is 32.2. The fourth-order valence-electron chi connectivity index (χ4n) is 3.18. The van der Waals surface area contributed by atoms with Crippen LogP contribution in [0.5, 0.6) is 0 Å². The molecule has 190 valence electrons. The Hall–Kier alpha value is -3.37. The molecule has 35 heavy (non-hydrogen) atoms. The average Bonchev–Trinajstić information content (AvgIpc) is 3.19. The van der Waals surface area contributed by atoms with E-state index in [0.29, 0.717) is 0 Å². The van der Waals surface area contributed by atoms with Gasteiger partial charge in [0.1, 0.15) is 35.5 Å². The Morgan fingerprint density at radius 1 is 1.37 bits per heavy atom. The van der Waals surface area contributed by atoms with E-state index in [9.17, 15) is 24.3 Å². The number of anilines is 1. The van der Waals surface area contributed by atoms with Crippen LogP contribution in [0.15, 0.2) is 21.8 Å². The van der Waals surface area contributed by atoms with Gasteiger partial charge in [0.05, 0.1) is 6.61 Å². The summed E-state index contributed by atoms with van der Waals surface area (Å²) in [6.45, 7) is 4.75. The fraction of sp³-hybridized carbons (Fsp3) is 0.474. The number of hydrogen-bond donors (Lipinski definition) is 4. The number of β-lactam (4-membered cyclic amide) rings is 1. The number of nitrogens with one attached hydrogen (secondary N) is 2. The highest BCUT2D eigenvalue weighted by Gasteiger charge is 2.54. The van der Waals surface area contributed by atoms with Crippen molar-refractivity contribution in [1.82, 2.24) is 20.7 Å². The van der Waals surface area contributed by atoms with Crippen LogP contribution in [0.3, 0.4) is 0 Å². The van der Waals surface area contributed by atoms with Gasteiger partial charge in [0, 0.05) is 11.1 Å². The van der Waals surface area contributed by atoms with Gasteiger partial charge in [-0.1, -0.05) is 5.16 Å². The lowest BCUT2D eigenvalue weighted by atomic mass is 10.0. The minimum Gasteiger partial charge on any atom is -0.477 e. The molecule has 0 saturated carbocycles. The second kappa shape index (κ2) is 10.5. The quantitative estimate of drug-likeness (QED) is 0.205. The Balaban J connectivity index is 1.68. The Morgan fingerprint density at radius 3 is 2.66 bits per heavy atom. The van der Waals surface area contributed by atoms with Crippen LogP contribution < -0.4 is 16.5 Å². The highest BCUT2D eigenvalue weighted by molar-refractivity contribution is 8.00. The molecule has 0 bridgehead atoms. The molecule has 1 fully saturated rings. The smallest absolute Gasteiger partial charge is 0.431 e. The maximum atomic E-state index is 12.8. The van der Waals surface area contributed by atoms with Crippen LogP contribution in [0, 0.1) is 0 Å². The first-order valence-electron chi connectivity index (χ1n) is 10.1. The SMILES string of the molecule is CON=C(C(=O)N[C@@H]1C(=O)N2C(C(=O)O)=C(CONC(=O)OC(C)(C)C)CS[C@H]12)c1csc(N)n1. The number of thiazole rings is 1. The second-order valence-electron chi connectivity index (χ2n) is 8.20. The summed E-state index contributed by atoms with van der Waals surface area (Å²) in [6.07, 6.45) is -0.838. The predicted octanol–water partition coefficient (Wildman–Crippen LogP) is 0.271. The molecule has 0 aliphatic carbocycles. The molecule has 0 spiro atoms. The predicted molar refractivity (Wildman–Crippen MR) is 125 cm³/mol. The van der Waals surface area contributed by atoms with E-state index in [1.165, 1.54) is 24.3 Å². The number of amides is 3. The van der Waals surface area contributed by atoms with E-state index in [4.69, 9.17) is 20.1 Å². The number of carbonyl (C=O) groups is 4. The zero-order valence-electron chi connectivity index (χ0n) is 19.2.